The summed E-state index contributed by atoms with van der Waals surface area (Å²) >= 11 is 0. The van der Waals surface area contributed by atoms with E-state index in [2.05, 4.69) is 5.32 Å². The van der Waals surface area contributed by atoms with Crippen LogP contribution in [0.2, 0.25) is 0 Å². The Labute approximate surface area is 162 Å². The van der Waals surface area contributed by atoms with Gasteiger partial charge in [-0.05, 0) is 43.2 Å². The first kappa shape index (κ1) is 19.6. The van der Waals surface area contributed by atoms with Gasteiger partial charge >= 0.3 is 0 Å². The second-order valence-electron chi connectivity index (χ2n) is 6.47. The maximum absolute atomic E-state index is 13.6. The number of rotatable bonds is 7. The summed E-state index contributed by atoms with van der Waals surface area (Å²) in [6, 6.07) is 14.0. The highest BCUT2D eigenvalue weighted by Crippen LogP contribution is 2.21. The lowest BCUT2D eigenvalue weighted by molar-refractivity contribution is 0.0903. The molecule has 3 rings (SSSR count). The molecule has 0 aliphatic carbocycles. The van der Waals surface area contributed by atoms with Crippen LogP contribution in [0.4, 0.5) is 8.78 Å². The van der Waals surface area contributed by atoms with Gasteiger partial charge in [-0.15, -0.1) is 0 Å². The predicted molar refractivity (Wildman–Crippen MR) is 101 cm³/mol. The maximum Gasteiger partial charge on any atom is 0.287 e. The summed E-state index contributed by atoms with van der Waals surface area (Å²) in [6.45, 7) is 3.92. The van der Waals surface area contributed by atoms with Crippen molar-refractivity contribution in [3.05, 3.63) is 88.9 Å². The maximum atomic E-state index is 13.6. The Morgan fingerprint density at radius 2 is 1.86 bits per heavy atom. The Morgan fingerprint density at radius 3 is 2.54 bits per heavy atom. The van der Waals surface area contributed by atoms with Crippen LogP contribution in [0, 0.1) is 18.6 Å². The van der Waals surface area contributed by atoms with E-state index in [1.54, 1.807) is 6.07 Å². The van der Waals surface area contributed by atoms with Gasteiger partial charge in [0, 0.05) is 6.07 Å². The van der Waals surface area contributed by atoms with Crippen LogP contribution in [0.3, 0.4) is 0 Å². The van der Waals surface area contributed by atoms with E-state index in [1.807, 2.05) is 38.1 Å². The van der Waals surface area contributed by atoms with Crippen molar-refractivity contribution in [3.63, 3.8) is 0 Å². The number of aryl methyl sites for hydroxylation is 1. The summed E-state index contributed by atoms with van der Waals surface area (Å²) < 4.78 is 37.3. The summed E-state index contributed by atoms with van der Waals surface area (Å²) in [5.41, 5.74) is 2.17. The van der Waals surface area contributed by atoms with E-state index in [4.69, 9.17) is 9.15 Å². The van der Waals surface area contributed by atoms with E-state index in [0.717, 1.165) is 29.7 Å². The van der Waals surface area contributed by atoms with Crippen LogP contribution in [-0.4, -0.2) is 5.91 Å². The monoisotopic (exact) mass is 385 g/mol. The standard InChI is InChI=1S/C22H21F2NO3/c1-3-19(15-6-4-14(2)5-7-15)25-22(26)21-11-9-17(28-21)13-27-20-10-8-16(23)12-18(20)24/h4-12,19H,3,13H2,1-2H3,(H,25,26). The average Bonchev–Trinajstić information content (AvgIpc) is 3.15. The molecule has 0 radical (unpaired) electrons. The highest BCUT2D eigenvalue weighted by atomic mass is 19.1. The summed E-state index contributed by atoms with van der Waals surface area (Å²) in [5.74, 6) is -1.41. The van der Waals surface area contributed by atoms with Crippen LogP contribution >= 0.6 is 0 Å². The van der Waals surface area contributed by atoms with Gasteiger partial charge in [0.2, 0.25) is 0 Å². The van der Waals surface area contributed by atoms with Crippen molar-refractivity contribution in [2.75, 3.05) is 0 Å². The van der Waals surface area contributed by atoms with Gasteiger partial charge in [0.15, 0.2) is 17.3 Å². The van der Waals surface area contributed by atoms with Gasteiger partial charge in [-0.25, -0.2) is 8.78 Å². The van der Waals surface area contributed by atoms with Crippen molar-refractivity contribution in [2.45, 2.75) is 32.9 Å². The molecule has 0 aliphatic heterocycles. The van der Waals surface area contributed by atoms with Crippen LogP contribution in [0.25, 0.3) is 0 Å². The van der Waals surface area contributed by atoms with E-state index >= 15 is 0 Å². The van der Waals surface area contributed by atoms with Crippen LogP contribution in [0.15, 0.2) is 59.0 Å². The number of benzene rings is 2. The van der Waals surface area contributed by atoms with Gasteiger partial charge in [0.25, 0.3) is 5.91 Å². The van der Waals surface area contributed by atoms with Crippen LogP contribution in [-0.2, 0) is 6.61 Å². The van der Waals surface area contributed by atoms with Crippen LogP contribution < -0.4 is 10.1 Å². The van der Waals surface area contributed by atoms with E-state index in [9.17, 15) is 13.6 Å². The quantitative estimate of drug-likeness (QED) is 0.598. The Balaban J connectivity index is 1.62. The Morgan fingerprint density at radius 1 is 1.11 bits per heavy atom. The van der Waals surface area contributed by atoms with Gasteiger partial charge in [-0.3, -0.25) is 4.79 Å². The Kier molecular flexibility index (Phi) is 6.09. The average molecular weight is 385 g/mol. The van der Waals surface area contributed by atoms with Crippen LogP contribution in [0.5, 0.6) is 5.75 Å². The van der Waals surface area contributed by atoms with Crippen molar-refractivity contribution < 1.29 is 22.7 Å². The van der Waals surface area contributed by atoms with Crippen LogP contribution in [0.1, 0.15) is 46.8 Å². The first-order valence-corrected chi connectivity index (χ1v) is 9.00. The van der Waals surface area contributed by atoms with E-state index in [-0.39, 0.29) is 30.1 Å². The third-order valence-electron chi connectivity index (χ3n) is 4.34. The number of halogens is 2. The lowest BCUT2D eigenvalue weighted by Crippen LogP contribution is -2.27. The molecule has 0 spiro atoms. The summed E-state index contributed by atoms with van der Waals surface area (Å²) in [4.78, 5) is 12.5. The minimum absolute atomic E-state index is 0.0784. The molecule has 0 fully saturated rings. The molecule has 1 heterocycles. The largest absolute Gasteiger partial charge is 0.483 e. The minimum atomic E-state index is -0.798. The molecule has 1 atom stereocenters. The van der Waals surface area contributed by atoms with Crippen molar-refractivity contribution in [2.24, 2.45) is 0 Å². The molecule has 28 heavy (non-hydrogen) atoms. The molecule has 1 unspecified atom stereocenters. The molecule has 0 bridgehead atoms. The molecular formula is C22H21F2NO3. The van der Waals surface area contributed by atoms with Gasteiger partial charge in [0.1, 0.15) is 18.2 Å². The SMILES string of the molecule is CCC(NC(=O)c1ccc(COc2ccc(F)cc2F)o1)c1ccc(C)cc1. The number of nitrogens with one attached hydrogen (secondary N) is 1. The topological polar surface area (TPSA) is 51.5 Å². The molecular weight excluding hydrogens is 364 g/mol. The second-order valence-corrected chi connectivity index (χ2v) is 6.47. The van der Waals surface area contributed by atoms with Gasteiger partial charge in [0.05, 0.1) is 6.04 Å². The zero-order valence-corrected chi connectivity index (χ0v) is 15.7. The zero-order chi connectivity index (χ0) is 20.1. The highest BCUT2D eigenvalue weighted by molar-refractivity contribution is 5.91. The highest BCUT2D eigenvalue weighted by Gasteiger charge is 2.17. The predicted octanol–water partition coefficient (Wildman–Crippen LogP) is 5.33. The Hall–Kier alpha value is -3.15. The summed E-state index contributed by atoms with van der Waals surface area (Å²) in [5, 5.41) is 2.95. The molecule has 1 aromatic heterocycles. The van der Waals surface area contributed by atoms with Gasteiger partial charge < -0.3 is 14.5 Å². The molecule has 0 aliphatic rings. The molecule has 2 aromatic carbocycles. The number of hydrogen-bond donors (Lipinski definition) is 1. The van der Waals surface area contributed by atoms with Crippen molar-refractivity contribution in [1.82, 2.24) is 5.32 Å². The van der Waals surface area contributed by atoms with Crippen molar-refractivity contribution in [3.8, 4) is 5.75 Å². The fourth-order valence-electron chi connectivity index (χ4n) is 2.77. The molecule has 6 heteroatoms. The number of hydrogen-bond acceptors (Lipinski definition) is 3. The smallest absolute Gasteiger partial charge is 0.287 e. The molecule has 3 aromatic rings. The number of carbonyl (C=O) groups is 1. The van der Waals surface area contributed by atoms with Crippen molar-refractivity contribution in [1.29, 1.82) is 0 Å². The number of carbonyl (C=O) groups excluding carboxylic acids is 1. The third kappa shape index (κ3) is 4.76. The zero-order valence-electron chi connectivity index (χ0n) is 15.7. The minimum Gasteiger partial charge on any atom is -0.483 e. The summed E-state index contributed by atoms with van der Waals surface area (Å²) in [6.07, 6.45) is 0.731. The fraction of sp³-hybridized carbons (Fsp3) is 0.227. The molecule has 0 saturated heterocycles. The number of ether oxygens (including phenoxy) is 1. The summed E-state index contributed by atoms with van der Waals surface area (Å²) in [7, 11) is 0. The normalized spacial score (nSPS) is 11.9. The number of amides is 1. The lowest BCUT2D eigenvalue weighted by Gasteiger charge is -2.17. The Bertz CT molecular complexity index is 951. The molecule has 0 saturated carbocycles. The fourth-order valence-corrected chi connectivity index (χ4v) is 2.77. The lowest BCUT2D eigenvalue weighted by atomic mass is 10.0. The first-order valence-electron chi connectivity index (χ1n) is 9.00. The molecule has 4 nitrogen and oxygen atoms in total. The van der Waals surface area contributed by atoms with E-state index in [1.165, 1.54) is 12.1 Å². The van der Waals surface area contributed by atoms with Gasteiger partial charge in [-0.2, -0.15) is 0 Å². The second kappa shape index (κ2) is 8.69. The van der Waals surface area contributed by atoms with E-state index in [0.29, 0.717) is 5.76 Å². The first-order chi connectivity index (χ1) is 13.5. The van der Waals surface area contributed by atoms with E-state index < -0.39 is 11.6 Å². The van der Waals surface area contributed by atoms with Gasteiger partial charge in [-0.1, -0.05) is 36.8 Å². The number of furan rings is 1. The van der Waals surface area contributed by atoms with Crippen molar-refractivity contribution >= 4 is 5.91 Å². The molecule has 1 amide bonds. The third-order valence-corrected chi connectivity index (χ3v) is 4.34. The molecule has 1 N–H and O–H groups in total. The molecule has 146 valence electrons.